The first-order chi connectivity index (χ1) is 9.14. The molecule has 0 amide bonds. The molecule has 0 fully saturated rings. The molecule has 0 aliphatic rings. The van der Waals surface area contributed by atoms with Gasteiger partial charge in [0.25, 0.3) is 0 Å². The maximum absolute atomic E-state index is 5.84. The Morgan fingerprint density at radius 2 is 1.68 bits per heavy atom. The van der Waals surface area contributed by atoms with Crippen LogP contribution in [0.5, 0.6) is 0 Å². The van der Waals surface area contributed by atoms with Crippen molar-refractivity contribution in [1.82, 2.24) is 0 Å². The van der Waals surface area contributed by atoms with Gasteiger partial charge in [-0.3, -0.25) is 0 Å². The van der Waals surface area contributed by atoms with Gasteiger partial charge in [0.05, 0.1) is 12.9 Å². The number of hydrogen-bond donors (Lipinski definition) is 0. The van der Waals surface area contributed by atoms with Gasteiger partial charge >= 0.3 is 0 Å². The highest BCUT2D eigenvalue weighted by atomic mass is 16.7. The van der Waals surface area contributed by atoms with Gasteiger partial charge in [-0.05, 0) is 46.5 Å². The minimum absolute atomic E-state index is 0.408. The van der Waals surface area contributed by atoms with Crippen LogP contribution in [0.1, 0.15) is 60.3 Å². The maximum atomic E-state index is 5.84. The summed E-state index contributed by atoms with van der Waals surface area (Å²) in [6.45, 7) is 12.5. The van der Waals surface area contributed by atoms with Crippen molar-refractivity contribution in [2.75, 3.05) is 19.8 Å². The molecule has 3 heteroatoms. The Kier molecular flexibility index (Phi) is 11.0. The van der Waals surface area contributed by atoms with Crippen molar-refractivity contribution >= 4 is 0 Å². The topological polar surface area (TPSA) is 27.7 Å². The van der Waals surface area contributed by atoms with E-state index >= 15 is 0 Å². The van der Waals surface area contributed by atoms with E-state index in [9.17, 15) is 0 Å². The fourth-order valence-corrected chi connectivity index (χ4v) is 2.33. The Bertz CT molecular complexity index is 220. The van der Waals surface area contributed by atoms with Gasteiger partial charge in [0.15, 0.2) is 5.79 Å². The lowest BCUT2D eigenvalue weighted by Gasteiger charge is -2.36. The van der Waals surface area contributed by atoms with E-state index in [2.05, 4.69) is 20.8 Å². The van der Waals surface area contributed by atoms with Crippen molar-refractivity contribution < 1.29 is 14.2 Å². The zero-order valence-corrected chi connectivity index (χ0v) is 13.4. The van der Waals surface area contributed by atoms with Gasteiger partial charge in [-0.1, -0.05) is 19.9 Å². The molecule has 0 aromatic heterocycles. The molecule has 0 radical (unpaired) electrons. The van der Waals surface area contributed by atoms with Crippen LogP contribution in [0.15, 0.2) is 12.3 Å². The second kappa shape index (κ2) is 11.3. The number of rotatable bonds is 12. The molecular formula is C16H32O3. The summed E-state index contributed by atoms with van der Waals surface area (Å²) in [5, 5.41) is 0. The highest BCUT2D eigenvalue weighted by Crippen LogP contribution is 2.30. The van der Waals surface area contributed by atoms with Gasteiger partial charge in [0, 0.05) is 19.1 Å². The zero-order valence-electron chi connectivity index (χ0n) is 13.4. The minimum atomic E-state index is -0.461. The highest BCUT2D eigenvalue weighted by Gasteiger charge is 2.33. The van der Waals surface area contributed by atoms with Crippen LogP contribution in [0.25, 0.3) is 0 Å². The van der Waals surface area contributed by atoms with E-state index in [4.69, 9.17) is 14.2 Å². The molecule has 0 heterocycles. The average molecular weight is 272 g/mol. The predicted molar refractivity (Wildman–Crippen MR) is 80.1 cm³/mol. The molecule has 1 atom stereocenters. The van der Waals surface area contributed by atoms with E-state index in [1.165, 1.54) is 0 Å². The van der Waals surface area contributed by atoms with E-state index < -0.39 is 5.79 Å². The standard InChI is InChI=1S/C16H32O3/c1-6-10-13-17-14-11-12-15(7-2)16(5,18-8-3)19-9-4/h10,13,15H,6-9,11-12,14H2,1-5H3. The summed E-state index contributed by atoms with van der Waals surface area (Å²) in [6, 6.07) is 0. The molecule has 1 unspecified atom stereocenters. The molecule has 0 N–H and O–H groups in total. The zero-order chi connectivity index (χ0) is 14.6. The van der Waals surface area contributed by atoms with Gasteiger partial charge in [0.1, 0.15) is 0 Å². The molecule has 3 nitrogen and oxygen atoms in total. The monoisotopic (exact) mass is 272 g/mol. The summed E-state index contributed by atoms with van der Waals surface area (Å²) in [5.41, 5.74) is 0. The Labute approximate surface area is 119 Å². The molecule has 0 aromatic rings. The first kappa shape index (κ1) is 18.5. The lowest BCUT2D eigenvalue weighted by atomic mass is 9.91. The SMILES string of the molecule is CCC=COCCCC(CC)C(C)(OCC)OCC. The molecule has 0 aliphatic carbocycles. The van der Waals surface area contributed by atoms with Crippen LogP contribution in [-0.4, -0.2) is 25.6 Å². The third kappa shape index (κ3) is 7.58. The lowest BCUT2D eigenvalue weighted by molar-refractivity contribution is -0.253. The van der Waals surface area contributed by atoms with Crippen LogP contribution in [0, 0.1) is 5.92 Å². The Hall–Kier alpha value is -0.540. The molecular weight excluding hydrogens is 240 g/mol. The Morgan fingerprint density at radius 3 is 2.16 bits per heavy atom. The molecule has 0 aliphatic heterocycles. The fourth-order valence-electron chi connectivity index (χ4n) is 2.33. The molecule has 19 heavy (non-hydrogen) atoms. The number of ether oxygens (including phenoxy) is 3. The van der Waals surface area contributed by atoms with Crippen LogP contribution >= 0.6 is 0 Å². The van der Waals surface area contributed by atoms with Gasteiger partial charge in [-0.2, -0.15) is 0 Å². The van der Waals surface area contributed by atoms with Crippen molar-refractivity contribution in [3.05, 3.63) is 12.3 Å². The summed E-state index contributed by atoms with van der Waals surface area (Å²) in [5.74, 6) is -0.0523. The smallest absolute Gasteiger partial charge is 0.168 e. The van der Waals surface area contributed by atoms with Crippen molar-refractivity contribution in [3.8, 4) is 0 Å². The van der Waals surface area contributed by atoms with Gasteiger partial charge < -0.3 is 14.2 Å². The molecule has 0 aromatic carbocycles. The maximum Gasteiger partial charge on any atom is 0.168 e. The minimum Gasteiger partial charge on any atom is -0.502 e. The predicted octanol–water partition coefficient (Wildman–Crippen LogP) is 4.52. The third-order valence-electron chi connectivity index (χ3n) is 3.34. The van der Waals surface area contributed by atoms with E-state index in [-0.39, 0.29) is 0 Å². The van der Waals surface area contributed by atoms with Crippen LogP contribution in [0.3, 0.4) is 0 Å². The van der Waals surface area contributed by atoms with Crippen molar-refractivity contribution in [1.29, 1.82) is 0 Å². The highest BCUT2D eigenvalue weighted by molar-refractivity contribution is 4.75. The third-order valence-corrected chi connectivity index (χ3v) is 3.34. The summed E-state index contributed by atoms with van der Waals surface area (Å²) in [6.07, 6.45) is 7.99. The van der Waals surface area contributed by atoms with E-state index in [1.807, 2.05) is 19.9 Å². The van der Waals surface area contributed by atoms with Crippen LogP contribution in [-0.2, 0) is 14.2 Å². The fraction of sp³-hybridized carbons (Fsp3) is 0.875. The molecule has 0 saturated carbocycles. The average Bonchev–Trinajstić information content (AvgIpc) is 2.38. The summed E-state index contributed by atoms with van der Waals surface area (Å²) in [4.78, 5) is 0. The van der Waals surface area contributed by atoms with Crippen molar-refractivity contribution in [3.63, 3.8) is 0 Å². The molecule has 0 rings (SSSR count). The van der Waals surface area contributed by atoms with Crippen molar-refractivity contribution in [2.24, 2.45) is 5.92 Å². The van der Waals surface area contributed by atoms with E-state index in [0.717, 1.165) is 32.3 Å². The molecule has 0 spiro atoms. The lowest BCUT2D eigenvalue weighted by Crippen LogP contribution is -2.40. The first-order valence-electron chi connectivity index (χ1n) is 7.69. The molecule has 0 bridgehead atoms. The first-order valence-corrected chi connectivity index (χ1v) is 7.69. The van der Waals surface area contributed by atoms with Crippen LogP contribution in [0.2, 0.25) is 0 Å². The normalized spacial score (nSPS) is 13.9. The van der Waals surface area contributed by atoms with Crippen LogP contribution < -0.4 is 0 Å². The number of allylic oxidation sites excluding steroid dienone is 1. The summed E-state index contributed by atoms with van der Waals surface area (Å²) < 4.78 is 17.1. The second-order valence-electron chi connectivity index (χ2n) is 4.78. The Balaban J connectivity index is 4.17. The second-order valence-corrected chi connectivity index (χ2v) is 4.78. The van der Waals surface area contributed by atoms with Gasteiger partial charge in [-0.15, -0.1) is 0 Å². The van der Waals surface area contributed by atoms with Gasteiger partial charge in [-0.25, -0.2) is 0 Å². The number of hydrogen-bond acceptors (Lipinski definition) is 3. The molecule has 0 saturated heterocycles. The van der Waals surface area contributed by atoms with E-state index in [0.29, 0.717) is 19.1 Å². The van der Waals surface area contributed by atoms with Gasteiger partial charge in [0.2, 0.25) is 0 Å². The summed E-state index contributed by atoms with van der Waals surface area (Å²) in [7, 11) is 0. The largest absolute Gasteiger partial charge is 0.502 e. The van der Waals surface area contributed by atoms with Crippen LogP contribution in [0.4, 0.5) is 0 Å². The van der Waals surface area contributed by atoms with Crippen molar-refractivity contribution in [2.45, 2.75) is 66.1 Å². The summed E-state index contributed by atoms with van der Waals surface area (Å²) >= 11 is 0. The Morgan fingerprint density at radius 1 is 1.05 bits per heavy atom. The van der Waals surface area contributed by atoms with E-state index in [1.54, 1.807) is 6.26 Å². The quantitative estimate of drug-likeness (QED) is 0.297. The molecule has 114 valence electrons.